The summed E-state index contributed by atoms with van der Waals surface area (Å²) in [5, 5.41) is 7.18. The zero-order valence-corrected chi connectivity index (χ0v) is 8.79. The number of hydrogen-bond donors (Lipinski definition) is 1. The standard InChI is InChI=1S/C10H17N3O/c1-7(2)9-12-10(14-13-9)11-8-5-3-4-6-8/h7-8H,3-6H2,1-2H3,(H,11,12,13). The van der Waals surface area contributed by atoms with Crippen LogP contribution in [0.15, 0.2) is 4.52 Å². The molecule has 0 saturated heterocycles. The van der Waals surface area contributed by atoms with E-state index in [1.807, 2.05) is 0 Å². The van der Waals surface area contributed by atoms with E-state index in [2.05, 4.69) is 29.3 Å². The third-order valence-electron chi connectivity index (χ3n) is 2.64. The molecule has 0 unspecified atom stereocenters. The second-order valence-electron chi connectivity index (χ2n) is 4.24. The first-order valence-corrected chi connectivity index (χ1v) is 5.36. The highest BCUT2D eigenvalue weighted by Crippen LogP contribution is 2.22. The van der Waals surface area contributed by atoms with E-state index in [1.54, 1.807) is 0 Å². The summed E-state index contributed by atoms with van der Waals surface area (Å²) in [5.41, 5.74) is 0. The van der Waals surface area contributed by atoms with Crippen LogP contribution in [-0.4, -0.2) is 16.2 Å². The van der Waals surface area contributed by atoms with E-state index in [0.29, 0.717) is 18.0 Å². The number of nitrogens with one attached hydrogen (secondary N) is 1. The zero-order chi connectivity index (χ0) is 9.97. The highest BCUT2D eigenvalue weighted by atomic mass is 16.5. The monoisotopic (exact) mass is 195 g/mol. The molecular formula is C10H17N3O. The first-order valence-electron chi connectivity index (χ1n) is 5.36. The van der Waals surface area contributed by atoms with E-state index in [4.69, 9.17) is 4.52 Å². The van der Waals surface area contributed by atoms with Crippen LogP contribution in [0.2, 0.25) is 0 Å². The second-order valence-corrected chi connectivity index (χ2v) is 4.24. The minimum atomic E-state index is 0.331. The van der Waals surface area contributed by atoms with Crippen molar-refractivity contribution in [3.8, 4) is 0 Å². The Morgan fingerprint density at radius 3 is 2.64 bits per heavy atom. The van der Waals surface area contributed by atoms with Gasteiger partial charge in [0.25, 0.3) is 0 Å². The fourth-order valence-electron chi connectivity index (χ4n) is 1.77. The zero-order valence-electron chi connectivity index (χ0n) is 8.79. The molecule has 0 bridgehead atoms. The summed E-state index contributed by atoms with van der Waals surface area (Å²) >= 11 is 0. The van der Waals surface area contributed by atoms with Crippen LogP contribution in [0.25, 0.3) is 0 Å². The van der Waals surface area contributed by atoms with Gasteiger partial charge in [0.2, 0.25) is 0 Å². The van der Waals surface area contributed by atoms with E-state index >= 15 is 0 Å². The summed E-state index contributed by atoms with van der Waals surface area (Å²) in [4.78, 5) is 4.28. The number of aromatic nitrogens is 2. The van der Waals surface area contributed by atoms with Crippen LogP contribution in [0, 0.1) is 0 Å². The van der Waals surface area contributed by atoms with Crippen molar-refractivity contribution in [1.29, 1.82) is 0 Å². The van der Waals surface area contributed by atoms with Crippen molar-refractivity contribution in [1.82, 2.24) is 10.1 Å². The molecule has 2 rings (SSSR count). The van der Waals surface area contributed by atoms with Crippen molar-refractivity contribution in [2.75, 3.05) is 5.32 Å². The van der Waals surface area contributed by atoms with E-state index < -0.39 is 0 Å². The van der Waals surface area contributed by atoms with Crippen molar-refractivity contribution in [3.63, 3.8) is 0 Å². The third kappa shape index (κ3) is 2.05. The smallest absolute Gasteiger partial charge is 0.321 e. The van der Waals surface area contributed by atoms with Gasteiger partial charge in [-0.3, -0.25) is 0 Å². The van der Waals surface area contributed by atoms with Gasteiger partial charge in [0.15, 0.2) is 5.82 Å². The quantitative estimate of drug-likeness (QED) is 0.805. The maximum absolute atomic E-state index is 5.12. The van der Waals surface area contributed by atoms with Crippen molar-refractivity contribution in [2.24, 2.45) is 0 Å². The SMILES string of the molecule is CC(C)c1noc(NC2CCCC2)n1. The van der Waals surface area contributed by atoms with Gasteiger partial charge < -0.3 is 9.84 Å². The molecule has 14 heavy (non-hydrogen) atoms. The summed E-state index contributed by atoms with van der Waals surface area (Å²) in [7, 11) is 0. The maximum atomic E-state index is 5.12. The first kappa shape index (κ1) is 9.49. The van der Waals surface area contributed by atoms with E-state index in [0.717, 1.165) is 5.82 Å². The van der Waals surface area contributed by atoms with Gasteiger partial charge in [0, 0.05) is 12.0 Å². The Labute approximate surface area is 84.1 Å². The van der Waals surface area contributed by atoms with Gasteiger partial charge in [-0.1, -0.05) is 31.8 Å². The third-order valence-corrected chi connectivity index (χ3v) is 2.64. The van der Waals surface area contributed by atoms with Crippen LogP contribution in [0.4, 0.5) is 6.01 Å². The summed E-state index contributed by atoms with van der Waals surface area (Å²) in [6.07, 6.45) is 5.06. The van der Waals surface area contributed by atoms with E-state index in [9.17, 15) is 0 Å². The van der Waals surface area contributed by atoms with Gasteiger partial charge in [0.05, 0.1) is 0 Å². The van der Waals surface area contributed by atoms with Gasteiger partial charge in [0.1, 0.15) is 0 Å². The molecule has 0 amide bonds. The number of hydrogen-bond acceptors (Lipinski definition) is 4. The predicted molar refractivity (Wildman–Crippen MR) is 54.3 cm³/mol. The Hall–Kier alpha value is -1.06. The van der Waals surface area contributed by atoms with Crippen LogP contribution in [0.3, 0.4) is 0 Å². The maximum Gasteiger partial charge on any atom is 0.321 e. The van der Waals surface area contributed by atoms with E-state index in [1.165, 1.54) is 25.7 Å². The van der Waals surface area contributed by atoms with Crippen LogP contribution in [0.1, 0.15) is 51.3 Å². The molecule has 78 valence electrons. The van der Waals surface area contributed by atoms with Crippen molar-refractivity contribution in [3.05, 3.63) is 5.82 Å². The molecule has 1 saturated carbocycles. The molecule has 1 aromatic rings. The lowest BCUT2D eigenvalue weighted by Crippen LogP contribution is -2.14. The lowest BCUT2D eigenvalue weighted by molar-refractivity contribution is 0.415. The average molecular weight is 195 g/mol. The molecule has 1 aliphatic carbocycles. The molecule has 1 heterocycles. The van der Waals surface area contributed by atoms with Gasteiger partial charge in [-0.05, 0) is 12.8 Å². The van der Waals surface area contributed by atoms with Crippen LogP contribution in [-0.2, 0) is 0 Å². The number of nitrogens with zero attached hydrogens (tertiary/aromatic N) is 2. The molecule has 0 radical (unpaired) electrons. The topological polar surface area (TPSA) is 51.0 Å². The minimum Gasteiger partial charge on any atom is -0.335 e. The summed E-state index contributed by atoms with van der Waals surface area (Å²) in [6, 6.07) is 1.12. The molecule has 1 aromatic heterocycles. The van der Waals surface area contributed by atoms with Gasteiger partial charge >= 0.3 is 6.01 Å². The van der Waals surface area contributed by atoms with Gasteiger partial charge in [-0.25, -0.2) is 0 Å². The minimum absolute atomic E-state index is 0.331. The Bertz CT molecular complexity index is 289. The highest BCUT2D eigenvalue weighted by molar-refractivity contribution is 5.21. The van der Waals surface area contributed by atoms with Gasteiger partial charge in [-0.15, -0.1) is 0 Å². The second kappa shape index (κ2) is 3.98. The molecule has 1 aliphatic rings. The Morgan fingerprint density at radius 1 is 1.36 bits per heavy atom. The molecule has 0 aromatic carbocycles. The summed E-state index contributed by atoms with van der Waals surface area (Å²) in [5.74, 6) is 1.11. The molecule has 4 nitrogen and oxygen atoms in total. The first-order chi connectivity index (χ1) is 6.75. The largest absolute Gasteiger partial charge is 0.335 e. The molecule has 4 heteroatoms. The lowest BCUT2D eigenvalue weighted by atomic mass is 10.2. The molecule has 1 fully saturated rings. The summed E-state index contributed by atoms with van der Waals surface area (Å²) < 4.78 is 5.12. The molecular weight excluding hydrogens is 178 g/mol. The molecule has 0 atom stereocenters. The predicted octanol–water partition coefficient (Wildman–Crippen LogP) is 2.55. The Balaban J connectivity index is 1.95. The van der Waals surface area contributed by atoms with Crippen LogP contribution < -0.4 is 5.32 Å². The lowest BCUT2D eigenvalue weighted by Gasteiger charge is -2.07. The molecule has 1 N–H and O–H groups in total. The highest BCUT2D eigenvalue weighted by Gasteiger charge is 2.17. The summed E-state index contributed by atoms with van der Waals surface area (Å²) in [6.45, 7) is 4.12. The van der Waals surface area contributed by atoms with Crippen LogP contribution in [0.5, 0.6) is 0 Å². The molecule has 0 aliphatic heterocycles. The molecule has 0 spiro atoms. The van der Waals surface area contributed by atoms with Crippen molar-refractivity contribution < 1.29 is 4.52 Å². The van der Waals surface area contributed by atoms with Crippen LogP contribution >= 0.6 is 0 Å². The number of anilines is 1. The Kier molecular flexibility index (Phi) is 2.70. The fraction of sp³-hybridized carbons (Fsp3) is 0.800. The van der Waals surface area contributed by atoms with Gasteiger partial charge in [-0.2, -0.15) is 4.98 Å². The van der Waals surface area contributed by atoms with Crippen molar-refractivity contribution in [2.45, 2.75) is 51.5 Å². The van der Waals surface area contributed by atoms with E-state index in [-0.39, 0.29) is 0 Å². The average Bonchev–Trinajstić information content (AvgIpc) is 2.75. The fourth-order valence-corrected chi connectivity index (χ4v) is 1.77. The Morgan fingerprint density at radius 2 is 2.07 bits per heavy atom. The normalized spacial score (nSPS) is 17.9. The van der Waals surface area contributed by atoms with Crippen molar-refractivity contribution >= 4 is 6.01 Å². The number of rotatable bonds is 3.